The first kappa shape index (κ1) is 16.0. The van der Waals surface area contributed by atoms with Crippen molar-refractivity contribution in [3.8, 4) is 11.5 Å². The number of hydrogen-bond acceptors (Lipinski definition) is 3. The predicted molar refractivity (Wildman–Crippen MR) is 92.3 cm³/mol. The van der Waals surface area contributed by atoms with Gasteiger partial charge in [0.1, 0.15) is 0 Å². The third kappa shape index (κ3) is 4.53. The van der Waals surface area contributed by atoms with Crippen LogP contribution in [0.1, 0.15) is 44.6 Å². The third-order valence-electron chi connectivity index (χ3n) is 4.27. The Hall–Kier alpha value is -1.91. The number of hydrogen-bond donors (Lipinski definition) is 2. The number of nitrogens with one attached hydrogen (secondary N) is 2. The van der Waals surface area contributed by atoms with Gasteiger partial charge in [-0.2, -0.15) is 0 Å². The zero-order valence-electron chi connectivity index (χ0n) is 13.9. The van der Waals surface area contributed by atoms with Crippen LogP contribution in [0.3, 0.4) is 0 Å². The molecule has 2 N–H and O–H groups in total. The molecule has 0 saturated heterocycles. The Morgan fingerprint density at radius 3 is 2.70 bits per heavy atom. The fourth-order valence-electron chi connectivity index (χ4n) is 3.06. The molecule has 23 heavy (non-hydrogen) atoms. The van der Waals surface area contributed by atoms with Crippen molar-refractivity contribution in [2.24, 2.45) is 4.99 Å². The van der Waals surface area contributed by atoms with Crippen LogP contribution in [0.4, 0.5) is 0 Å². The van der Waals surface area contributed by atoms with Gasteiger partial charge in [-0.25, -0.2) is 4.99 Å². The SMILES string of the molecule is CCNC(=NCc1ccc2c(c1)OCCCO2)NC1CCCC1. The highest BCUT2D eigenvalue weighted by molar-refractivity contribution is 5.80. The van der Waals surface area contributed by atoms with Crippen LogP contribution < -0.4 is 20.1 Å². The van der Waals surface area contributed by atoms with Crippen LogP contribution in [0, 0.1) is 0 Å². The quantitative estimate of drug-likeness (QED) is 0.662. The molecule has 0 atom stereocenters. The van der Waals surface area contributed by atoms with E-state index in [2.05, 4.69) is 23.6 Å². The Morgan fingerprint density at radius 1 is 1.13 bits per heavy atom. The van der Waals surface area contributed by atoms with Crippen LogP contribution in [0.5, 0.6) is 11.5 Å². The Balaban J connectivity index is 1.65. The van der Waals surface area contributed by atoms with Crippen LogP contribution in [0.2, 0.25) is 0 Å². The molecule has 1 saturated carbocycles. The lowest BCUT2D eigenvalue weighted by Crippen LogP contribution is -2.42. The average Bonchev–Trinajstić information content (AvgIpc) is 2.96. The first-order valence-corrected chi connectivity index (χ1v) is 8.78. The standard InChI is InChI=1S/C18H27N3O2/c1-2-19-18(21-15-6-3-4-7-15)20-13-14-8-9-16-17(12-14)23-11-5-10-22-16/h8-9,12,15H,2-7,10-11,13H2,1H3,(H2,19,20,21). The summed E-state index contributed by atoms with van der Waals surface area (Å²) in [7, 11) is 0. The maximum Gasteiger partial charge on any atom is 0.191 e. The molecule has 0 amide bonds. The number of fused-ring (bicyclic) bond motifs is 1. The minimum absolute atomic E-state index is 0.566. The normalized spacial score (nSPS) is 18.6. The van der Waals surface area contributed by atoms with Crippen LogP contribution in [0.15, 0.2) is 23.2 Å². The van der Waals surface area contributed by atoms with Gasteiger partial charge >= 0.3 is 0 Å². The number of guanidine groups is 1. The van der Waals surface area contributed by atoms with Crippen molar-refractivity contribution in [2.75, 3.05) is 19.8 Å². The molecular formula is C18H27N3O2. The van der Waals surface area contributed by atoms with Crippen LogP contribution >= 0.6 is 0 Å². The summed E-state index contributed by atoms with van der Waals surface area (Å²) in [6.45, 7) is 5.05. The predicted octanol–water partition coefficient (Wildman–Crippen LogP) is 2.85. The smallest absolute Gasteiger partial charge is 0.191 e. The molecule has 1 heterocycles. The van der Waals surface area contributed by atoms with Gasteiger partial charge in [0.2, 0.25) is 0 Å². The maximum atomic E-state index is 5.75. The molecule has 1 fully saturated rings. The molecule has 2 aliphatic rings. The molecular weight excluding hydrogens is 290 g/mol. The van der Waals surface area contributed by atoms with Gasteiger partial charge in [-0.15, -0.1) is 0 Å². The van der Waals surface area contributed by atoms with Gasteiger partial charge in [0.15, 0.2) is 17.5 Å². The van der Waals surface area contributed by atoms with Crippen molar-refractivity contribution < 1.29 is 9.47 Å². The highest BCUT2D eigenvalue weighted by Gasteiger charge is 2.16. The monoisotopic (exact) mass is 317 g/mol. The molecule has 3 rings (SSSR count). The molecule has 1 aromatic rings. The first-order chi connectivity index (χ1) is 11.3. The van der Waals surface area contributed by atoms with Gasteiger partial charge in [0.05, 0.1) is 19.8 Å². The molecule has 1 aromatic carbocycles. The van der Waals surface area contributed by atoms with E-state index in [4.69, 9.17) is 14.5 Å². The Labute approximate surface area is 138 Å². The fourth-order valence-corrected chi connectivity index (χ4v) is 3.06. The lowest BCUT2D eigenvalue weighted by molar-refractivity contribution is 0.297. The molecule has 0 bridgehead atoms. The first-order valence-electron chi connectivity index (χ1n) is 8.78. The Kier molecular flexibility index (Phi) is 5.61. The molecule has 5 nitrogen and oxygen atoms in total. The second-order valence-electron chi connectivity index (χ2n) is 6.15. The summed E-state index contributed by atoms with van der Waals surface area (Å²) in [6, 6.07) is 6.67. The lowest BCUT2D eigenvalue weighted by atomic mass is 10.2. The summed E-state index contributed by atoms with van der Waals surface area (Å²) in [5.41, 5.74) is 1.14. The van der Waals surface area contributed by atoms with Crippen molar-refractivity contribution >= 4 is 5.96 Å². The van der Waals surface area contributed by atoms with E-state index < -0.39 is 0 Å². The summed E-state index contributed by atoms with van der Waals surface area (Å²) in [5, 5.41) is 6.88. The van der Waals surface area contributed by atoms with E-state index in [1.54, 1.807) is 0 Å². The van der Waals surface area contributed by atoms with E-state index in [9.17, 15) is 0 Å². The highest BCUT2D eigenvalue weighted by Crippen LogP contribution is 2.30. The second kappa shape index (κ2) is 8.09. The van der Waals surface area contributed by atoms with E-state index >= 15 is 0 Å². The van der Waals surface area contributed by atoms with Crippen LogP contribution in [-0.2, 0) is 6.54 Å². The Morgan fingerprint density at radius 2 is 1.91 bits per heavy atom. The van der Waals surface area contributed by atoms with E-state index in [0.29, 0.717) is 19.2 Å². The van der Waals surface area contributed by atoms with Gasteiger partial charge in [-0.3, -0.25) is 0 Å². The average molecular weight is 317 g/mol. The van der Waals surface area contributed by atoms with Crippen LogP contribution in [0.25, 0.3) is 0 Å². The van der Waals surface area contributed by atoms with Crippen LogP contribution in [-0.4, -0.2) is 31.8 Å². The van der Waals surface area contributed by atoms with Gasteiger partial charge in [-0.05, 0) is 37.5 Å². The third-order valence-corrected chi connectivity index (χ3v) is 4.27. The van der Waals surface area contributed by atoms with E-state index in [1.807, 2.05) is 12.1 Å². The molecule has 0 aromatic heterocycles. The molecule has 1 aliphatic carbocycles. The molecule has 5 heteroatoms. The summed E-state index contributed by atoms with van der Waals surface area (Å²) >= 11 is 0. The highest BCUT2D eigenvalue weighted by atomic mass is 16.5. The van der Waals surface area contributed by atoms with Crippen molar-refractivity contribution in [1.29, 1.82) is 0 Å². The van der Waals surface area contributed by atoms with Gasteiger partial charge in [0, 0.05) is 19.0 Å². The summed E-state index contributed by atoms with van der Waals surface area (Å²) in [5.74, 6) is 2.58. The molecule has 126 valence electrons. The van der Waals surface area contributed by atoms with Gasteiger partial charge in [0.25, 0.3) is 0 Å². The number of aliphatic imine (C=N–C) groups is 1. The van der Waals surface area contributed by atoms with Crippen molar-refractivity contribution in [2.45, 2.75) is 51.6 Å². The number of ether oxygens (including phenoxy) is 2. The molecule has 0 unspecified atom stereocenters. The summed E-state index contributed by atoms with van der Waals surface area (Å²) in [4.78, 5) is 4.72. The zero-order chi connectivity index (χ0) is 15.9. The van der Waals surface area contributed by atoms with Gasteiger partial charge < -0.3 is 20.1 Å². The number of rotatable bonds is 4. The summed E-state index contributed by atoms with van der Waals surface area (Å²) < 4.78 is 11.4. The molecule has 1 aliphatic heterocycles. The van der Waals surface area contributed by atoms with Crippen molar-refractivity contribution in [1.82, 2.24) is 10.6 Å². The van der Waals surface area contributed by atoms with E-state index in [1.165, 1.54) is 25.7 Å². The minimum atomic E-state index is 0.566. The minimum Gasteiger partial charge on any atom is -0.490 e. The Bertz CT molecular complexity index is 539. The van der Waals surface area contributed by atoms with Gasteiger partial charge in [-0.1, -0.05) is 18.9 Å². The number of nitrogens with zero attached hydrogens (tertiary/aromatic N) is 1. The van der Waals surface area contributed by atoms with Crippen molar-refractivity contribution in [3.05, 3.63) is 23.8 Å². The molecule has 0 radical (unpaired) electrons. The largest absolute Gasteiger partial charge is 0.490 e. The topological polar surface area (TPSA) is 54.9 Å². The molecule has 0 spiro atoms. The van der Waals surface area contributed by atoms with E-state index in [0.717, 1.165) is 42.6 Å². The zero-order valence-corrected chi connectivity index (χ0v) is 13.9. The maximum absolute atomic E-state index is 5.75. The van der Waals surface area contributed by atoms with E-state index in [-0.39, 0.29) is 0 Å². The second-order valence-corrected chi connectivity index (χ2v) is 6.15. The lowest BCUT2D eigenvalue weighted by Gasteiger charge is -2.16. The fraction of sp³-hybridized carbons (Fsp3) is 0.611. The summed E-state index contributed by atoms with van der Waals surface area (Å²) in [6.07, 6.45) is 6.05. The van der Waals surface area contributed by atoms with Crippen molar-refractivity contribution in [3.63, 3.8) is 0 Å². The number of benzene rings is 1.